The van der Waals surface area contributed by atoms with Crippen molar-refractivity contribution >= 4 is 44.8 Å². The van der Waals surface area contributed by atoms with Crippen molar-refractivity contribution in [3.63, 3.8) is 0 Å². The molecule has 1 heterocycles. The Balaban J connectivity index is 1.64. The van der Waals surface area contributed by atoms with Crippen LogP contribution in [0.3, 0.4) is 0 Å². The predicted octanol–water partition coefficient (Wildman–Crippen LogP) is 4.17. The number of hydrogen-bond donors (Lipinski definition) is 1. The molecule has 0 aromatic heterocycles. The van der Waals surface area contributed by atoms with Crippen LogP contribution in [0.1, 0.15) is 22.3 Å². The minimum Gasteiger partial charge on any atom is -0.325 e. The van der Waals surface area contributed by atoms with E-state index in [1.165, 1.54) is 4.31 Å². The number of rotatable bonds is 5. The van der Waals surface area contributed by atoms with E-state index in [-0.39, 0.29) is 12.5 Å². The summed E-state index contributed by atoms with van der Waals surface area (Å²) in [5.41, 5.74) is 4.11. The standard InChI is InChI=1S/C22H27Cl2N3O3S/c1-14-11-15(2)17(4)22(16(14)3)31(29,30)27-9-7-26(8-10-27)13-21(28)25-18-5-6-19(23)20(24)12-18/h5-6,11-12H,7-10,13H2,1-4H3,(H,25,28). The van der Waals surface area contributed by atoms with Gasteiger partial charge in [0.2, 0.25) is 15.9 Å². The van der Waals surface area contributed by atoms with Crippen LogP contribution in [0.15, 0.2) is 29.2 Å². The average Bonchev–Trinajstić information content (AvgIpc) is 2.69. The SMILES string of the molecule is Cc1cc(C)c(C)c(S(=O)(=O)N2CCN(CC(=O)Nc3ccc(Cl)c(Cl)c3)CC2)c1C. The van der Waals surface area contributed by atoms with Gasteiger partial charge in [0, 0.05) is 31.9 Å². The maximum absolute atomic E-state index is 13.4. The molecular weight excluding hydrogens is 457 g/mol. The van der Waals surface area contributed by atoms with E-state index in [0.717, 1.165) is 22.3 Å². The molecule has 1 amide bonds. The first kappa shape index (κ1) is 24.0. The number of nitrogens with one attached hydrogen (secondary N) is 1. The van der Waals surface area contributed by atoms with Crippen molar-refractivity contribution in [2.75, 3.05) is 38.0 Å². The van der Waals surface area contributed by atoms with Gasteiger partial charge in [0.05, 0.1) is 21.5 Å². The molecule has 168 valence electrons. The fraction of sp³-hybridized carbons (Fsp3) is 0.409. The van der Waals surface area contributed by atoms with Crippen molar-refractivity contribution in [1.82, 2.24) is 9.21 Å². The van der Waals surface area contributed by atoms with E-state index in [9.17, 15) is 13.2 Å². The van der Waals surface area contributed by atoms with Gasteiger partial charge < -0.3 is 5.32 Å². The molecule has 1 aliphatic heterocycles. The third kappa shape index (κ3) is 5.23. The molecule has 6 nitrogen and oxygen atoms in total. The molecule has 31 heavy (non-hydrogen) atoms. The lowest BCUT2D eigenvalue weighted by Crippen LogP contribution is -2.50. The van der Waals surface area contributed by atoms with E-state index in [0.29, 0.717) is 46.8 Å². The molecule has 1 aliphatic rings. The van der Waals surface area contributed by atoms with Crippen molar-refractivity contribution in [2.24, 2.45) is 0 Å². The van der Waals surface area contributed by atoms with Gasteiger partial charge in [0.25, 0.3) is 0 Å². The highest BCUT2D eigenvalue weighted by Gasteiger charge is 2.32. The first-order chi connectivity index (χ1) is 14.5. The lowest BCUT2D eigenvalue weighted by atomic mass is 10.0. The summed E-state index contributed by atoms with van der Waals surface area (Å²) < 4.78 is 28.3. The summed E-state index contributed by atoms with van der Waals surface area (Å²) >= 11 is 11.9. The quantitative estimate of drug-likeness (QED) is 0.692. The summed E-state index contributed by atoms with van der Waals surface area (Å²) in [6.45, 7) is 9.42. The predicted molar refractivity (Wildman–Crippen MR) is 126 cm³/mol. The number of aryl methyl sites for hydroxylation is 2. The molecule has 0 aliphatic carbocycles. The monoisotopic (exact) mass is 483 g/mol. The van der Waals surface area contributed by atoms with Crippen LogP contribution in [0.25, 0.3) is 0 Å². The van der Waals surface area contributed by atoms with E-state index in [4.69, 9.17) is 23.2 Å². The normalized spacial score (nSPS) is 15.8. The zero-order valence-electron chi connectivity index (χ0n) is 18.1. The van der Waals surface area contributed by atoms with Gasteiger partial charge in [-0.3, -0.25) is 9.69 Å². The number of anilines is 1. The molecule has 1 N–H and O–H groups in total. The second kappa shape index (κ2) is 9.46. The molecule has 2 aromatic rings. The highest BCUT2D eigenvalue weighted by molar-refractivity contribution is 7.89. The molecule has 1 fully saturated rings. The first-order valence-corrected chi connectivity index (χ1v) is 12.2. The zero-order chi connectivity index (χ0) is 22.9. The maximum Gasteiger partial charge on any atom is 0.243 e. The topological polar surface area (TPSA) is 69.7 Å². The Morgan fingerprint density at radius 3 is 2.06 bits per heavy atom. The molecule has 0 spiro atoms. The second-order valence-corrected chi connectivity index (χ2v) is 10.6. The van der Waals surface area contributed by atoms with Gasteiger partial charge in [-0.2, -0.15) is 4.31 Å². The second-order valence-electron chi connectivity index (χ2n) is 7.95. The molecule has 0 saturated carbocycles. The Bertz CT molecular complexity index is 1090. The van der Waals surface area contributed by atoms with Crippen molar-refractivity contribution in [3.05, 3.63) is 56.6 Å². The van der Waals surface area contributed by atoms with Crippen LogP contribution in [0, 0.1) is 27.7 Å². The lowest BCUT2D eigenvalue weighted by Gasteiger charge is -2.34. The number of sulfonamides is 1. The van der Waals surface area contributed by atoms with Crippen LogP contribution in [0.2, 0.25) is 10.0 Å². The smallest absolute Gasteiger partial charge is 0.243 e. The molecule has 0 bridgehead atoms. The van der Waals surface area contributed by atoms with Crippen LogP contribution < -0.4 is 5.32 Å². The molecule has 3 rings (SSSR count). The van der Waals surface area contributed by atoms with Crippen molar-refractivity contribution in [1.29, 1.82) is 0 Å². The number of halogens is 2. The van der Waals surface area contributed by atoms with Crippen LogP contribution in [0.4, 0.5) is 5.69 Å². The van der Waals surface area contributed by atoms with Gasteiger partial charge >= 0.3 is 0 Å². The van der Waals surface area contributed by atoms with E-state index < -0.39 is 10.0 Å². The summed E-state index contributed by atoms with van der Waals surface area (Å²) in [4.78, 5) is 14.7. The van der Waals surface area contributed by atoms with Crippen molar-refractivity contribution in [3.8, 4) is 0 Å². The van der Waals surface area contributed by atoms with Crippen LogP contribution >= 0.6 is 23.2 Å². The maximum atomic E-state index is 13.4. The van der Waals surface area contributed by atoms with Crippen LogP contribution in [-0.2, 0) is 14.8 Å². The minimum absolute atomic E-state index is 0.176. The number of amides is 1. The summed E-state index contributed by atoms with van der Waals surface area (Å²) in [6.07, 6.45) is 0. The highest BCUT2D eigenvalue weighted by atomic mass is 35.5. The largest absolute Gasteiger partial charge is 0.325 e. The fourth-order valence-electron chi connectivity index (χ4n) is 3.80. The number of carbonyl (C=O) groups excluding carboxylic acids is 1. The lowest BCUT2D eigenvalue weighted by molar-refractivity contribution is -0.117. The summed E-state index contributed by atoms with van der Waals surface area (Å²) in [7, 11) is -3.60. The molecule has 0 unspecified atom stereocenters. The molecule has 2 aromatic carbocycles. The summed E-state index contributed by atoms with van der Waals surface area (Å²) in [6, 6.07) is 6.93. The van der Waals surface area contributed by atoms with E-state index in [1.807, 2.05) is 38.7 Å². The number of hydrogen-bond acceptors (Lipinski definition) is 4. The zero-order valence-corrected chi connectivity index (χ0v) is 20.5. The third-order valence-electron chi connectivity index (χ3n) is 5.80. The van der Waals surface area contributed by atoms with E-state index in [2.05, 4.69) is 5.32 Å². The van der Waals surface area contributed by atoms with Gasteiger partial charge in [0.15, 0.2) is 0 Å². The third-order valence-corrected chi connectivity index (χ3v) is 8.71. The summed E-state index contributed by atoms with van der Waals surface area (Å²) in [5.74, 6) is -0.185. The summed E-state index contributed by atoms with van der Waals surface area (Å²) in [5, 5.41) is 3.59. The average molecular weight is 484 g/mol. The number of benzene rings is 2. The number of carbonyl (C=O) groups is 1. The minimum atomic E-state index is -3.60. The van der Waals surface area contributed by atoms with Gasteiger partial charge in [-0.15, -0.1) is 0 Å². The van der Waals surface area contributed by atoms with Crippen molar-refractivity contribution in [2.45, 2.75) is 32.6 Å². The Morgan fingerprint density at radius 2 is 1.52 bits per heavy atom. The van der Waals surface area contributed by atoms with Gasteiger partial charge in [-0.05, 0) is 68.1 Å². The number of piperazine rings is 1. The van der Waals surface area contributed by atoms with Gasteiger partial charge in [-0.1, -0.05) is 29.3 Å². The Hall–Kier alpha value is -1.64. The van der Waals surface area contributed by atoms with Crippen LogP contribution in [-0.4, -0.2) is 56.3 Å². The molecule has 0 radical (unpaired) electrons. The van der Waals surface area contributed by atoms with Gasteiger partial charge in [-0.25, -0.2) is 8.42 Å². The molecule has 9 heteroatoms. The van der Waals surface area contributed by atoms with E-state index in [1.54, 1.807) is 18.2 Å². The van der Waals surface area contributed by atoms with Crippen molar-refractivity contribution < 1.29 is 13.2 Å². The Kier molecular flexibility index (Phi) is 7.33. The first-order valence-electron chi connectivity index (χ1n) is 10.1. The molecule has 0 atom stereocenters. The molecular formula is C22H27Cl2N3O3S. The number of nitrogens with zero attached hydrogens (tertiary/aromatic N) is 2. The Labute approximate surface area is 194 Å². The molecule has 1 saturated heterocycles. The fourth-order valence-corrected chi connectivity index (χ4v) is 6.10. The van der Waals surface area contributed by atoms with Crippen LogP contribution in [0.5, 0.6) is 0 Å². The highest BCUT2D eigenvalue weighted by Crippen LogP contribution is 2.29. The Morgan fingerprint density at radius 1 is 0.935 bits per heavy atom. The van der Waals surface area contributed by atoms with Gasteiger partial charge in [0.1, 0.15) is 0 Å². The van der Waals surface area contributed by atoms with E-state index >= 15 is 0 Å².